The van der Waals surface area contributed by atoms with Crippen molar-refractivity contribution in [3.05, 3.63) is 0 Å². The van der Waals surface area contributed by atoms with E-state index in [2.05, 4.69) is 0 Å². The molecule has 0 aromatic rings. The minimum atomic E-state index is -1.08. The maximum Gasteiger partial charge on any atom is 1.00 e. The first-order valence-corrected chi connectivity index (χ1v) is 2.76. The molecule has 0 unspecified atom stereocenters. The molecule has 0 saturated carbocycles. The monoisotopic (exact) mass is 186 g/mol. The van der Waals surface area contributed by atoms with Gasteiger partial charge in [0.15, 0.2) is 0 Å². The van der Waals surface area contributed by atoms with Crippen LogP contribution < -0.4 is 24.0 Å². The predicted molar refractivity (Wildman–Crippen MR) is 37.3 cm³/mol. The van der Waals surface area contributed by atoms with Gasteiger partial charge in [-0.15, -0.1) is 0 Å². The van der Waals surface area contributed by atoms with Gasteiger partial charge in [0.1, 0.15) is 0 Å². The van der Waals surface area contributed by atoms with Crippen LogP contribution in [0.4, 0.5) is 0 Å². The van der Waals surface area contributed by atoms with E-state index in [1.54, 1.807) is 0 Å². The zero-order valence-electron chi connectivity index (χ0n) is 8.03. The average Bonchev–Trinajstić information content (AvgIpc) is 1.54. The van der Waals surface area contributed by atoms with Crippen LogP contribution in [0.5, 0.6) is 0 Å². The Morgan fingerprint density at radius 1 is 0.923 bits per heavy atom. The Balaban J connectivity index is -0.0000000450. The molecular formula is C6H11LiO6. The molecule has 0 aliphatic heterocycles. The third-order valence-electron chi connectivity index (χ3n) is 0. The van der Waals surface area contributed by atoms with Gasteiger partial charge in [0.25, 0.3) is 11.9 Å². The maximum absolute atomic E-state index is 9.00. The fraction of sp³-hybridized carbons (Fsp3) is 0.500. The van der Waals surface area contributed by atoms with E-state index in [4.69, 9.17) is 29.7 Å². The molecule has 0 atom stereocenters. The van der Waals surface area contributed by atoms with Crippen LogP contribution in [0.2, 0.25) is 0 Å². The summed E-state index contributed by atoms with van der Waals surface area (Å²) in [5, 5.41) is 23.7. The summed E-state index contributed by atoms with van der Waals surface area (Å²) < 4.78 is 0. The molecule has 7 heteroatoms. The van der Waals surface area contributed by atoms with Gasteiger partial charge in [-0.1, -0.05) is 0 Å². The summed E-state index contributed by atoms with van der Waals surface area (Å²) in [6.45, 7) is 3.14. The van der Waals surface area contributed by atoms with E-state index < -0.39 is 17.9 Å². The van der Waals surface area contributed by atoms with Crippen LogP contribution in [0.3, 0.4) is 0 Å². The van der Waals surface area contributed by atoms with E-state index in [1.807, 2.05) is 0 Å². The van der Waals surface area contributed by atoms with Crippen molar-refractivity contribution < 1.29 is 48.6 Å². The van der Waals surface area contributed by atoms with Crippen LogP contribution in [0, 0.1) is 0 Å². The molecule has 72 valence electrons. The normalized spacial score (nSPS) is 5.77. The van der Waals surface area contributed by atoms with Gasteiger partial charge in [-0.2, -0.15) is 0 Å². The Morgan fingerprint density at radius 3 is 0.923 bits per heavy atom. The maximum atomic E-state index is 9.00. The van der Waals surface area contributed by atoms with Crippen LogP contribution in [0.15, 0.2) is 0 Å². The van der Waals surface area contributed by atoms with Crippen molar-refractivity contribution in [2.75, 3.05) is 0 Å². The second-order valence-electron chi connectivity index (χ2n) is 1.53. The molecular weight excluding hydrogens is 175 g/mol. The fourth-order valence-electron chi connectivity index (χ4n) is 0. The molecule has 0 aromatic carbocycles. The summed E-state index contributed by atoms with van der Waals surface area (Å²) in [5.41, 5.74) is 0. The first-order chi connectivity index (χ1) is 5.20. The molecule has 0 spiro atoms. The summed E-state index contributed by atoms with van der Waals surface area (Å²) in [6, 6.07) is 0. The smallest absolute Gasteiger partial charge is 0.550 e. The molecule has 0 aromatic heterocycles. The standard InChI is InChI=1S/3C2H4O2.Li/c3*1-2(3)4;/h3*1H3,(H,3,4);/q;;;+1/p-1. The van der Waals surface area contributed by atoms with E-state index in [9.17, 15) is 0 Å². The number of carboxylic acid groups (broad SMARTS) is 3. The van der Waals surface area contributed by atoms with Crippen LogP contribution >= 0.6 is 0 Å². The van der Waals surface area contributed by atoms with Crippen molar-refractivity contribution >= 4 is 17.9 Å². The van der Waals surface area contributed by atoms with Crippen molar-refractivity contribution in [1.29, 1.82) is 0 Å². The number of hydrogen-bond acceptors (Lipinski definition) is 4. The molecule has 0 rings (SSSR count). The minimum absolute atomic E-state index is 0. The number of carbonyl (C=O) groups excluding carboxylic acids is 1. The Kier molecular flexibility index (Phi) is 30.0. The summed E-state index contributed by atoms with van der Waals surface area (Å²) in [5.74, 6) is -2.75. The van der Waals surface area contributed by atoms with Crippen molar-refractivity contribution in [2.45, 2.75) is 20.8 Å². The van der Waals surface area contributed by atoms with Crippen molar-refractivity contribution in [1.82, 2.24) is 0 Å². The van der Waals surface area contributed by atoms with Gasteiger partial charge >= 0.3 is 18.9 Å². The summed E-state index contributed by atoms with van der Waals surface area (Å²) in [7, 11) is 0. The molecule has 0 fully saturated rings. The third kappa shape index (κ3) is 906. The van der Waals surface area contributed by atoms with Crippen LogP contribution in [-0.2, 0) is 14.4 Å². The predicted octanol–water partition coefficient (Wildman–Crippen LogP) is -4.06. The second kappa shape index (κ2) is 17.2. The van der Waals surface area contributed by atoms with Gasteiger partial charge in [0.2, 0.25) is 0 Å². The second-order valence-corrected chi connectivity index (χ2v) is 1.53. The topological polar surface area (TPSA) is 115 Å². The zero-order chi connectivity index (χ0) is 10.7. The van der Waals surface area contributed by atoms with Crippen LogP contribution in [0.25, 0.3) is 0 Å². The molecule has 6 nitrogen and oxygen atoms in total. The largest absolute Gasteiger partial charge is 1.00 e. The van der Waals surface area contributed by atoms with Gasteiger partial charge in [-0.05, 0) is 6.92 Å². The number of aliphatic carboxylic acids is 3. The van der Waals surface area contributed by atoms with Crippen molar-refractivity contribution in [3.63, 3.8) is 0 Å². The Bertz CT molecular complexity index is 115. The Hall–Kier alpha value is -0.993. The van der Waals surface area contributed by atoms with Crippen molar-refractivity contribution in [3.8, 4) is 0 Å². The number of hydrogen-bond donors (Lipinski definition) is 2. The van der Waals surface area contributed by atoms with E-state index in [1.165, 1.54) is 0 Å². The van der Waals surface area contributed by atoms with E-state index in [-0.39, 0.29) is 18.9 Å². The van der Waals surface area contributed by atoms with E-state index >= 15 is 0 Å². The van der Waals surface area contributed by atoms with Crippen LogP contribution in [-0.4, -0.2) is 28.1 Å². The minimum Gasteiger partial charge on any atom is -0.550 e. The van der Waals surface area contributed by atoms with Gasteiger partial charge in [0.05, 0.1) is 0 Å². The molecule has 0 bridgehead atoms. The molecule has 0 amide bonds. The van der Waals surface area contributed by atoms with Gasteiger partial charge in [-0.25, -0.2) is 0 Å². The molecule has 0 heterocycles. The first-order valence-electron chi connectivity index (χ1n) is 2.76. The first kappa shape index (κ1) is 22.7. The zero-order valence-corrected chi connectivity index (χ0v) is 8.03. The SMILES string of the molecule is CC(=O)O.CC(=O)O.CC(=O)[O-].[Li+]. The number of carboxylic acids is 3. The molecule has 0 aliphatic rings. The van der Waals surface area contributed by atoms with Crippen LogP contribution in [0.1, 0.15) is 20.8 Å². The fourth-order valence-corrected chi connectivity index (χ4v) is 0. The molecule has 0 radical (unpaired) electrons. The molecule has 0 saturated heterocycles. The summed E-state index contributed by atoms with van der Waals surface area (Å²) in [4.78, 5) is 26.9. The average molecular weight is 186 g/mol. The van der Waals surface area contributed by atoms with Gasteiger partial charge in [-0.3, -0.25) is 9.59 Å². The van der Waals surface area contributed by atoms with E-state index in [0.717, 1.165) is 20.8 Å². The summed E-state index contributed by atoms with van der Waals surface area (Å²) >= 11 is 0. The summed E-state index contributed by atoms with van der Waals surface area (Å²) in [6.07, 6.45) is 0. The van der Waals surface area contributed by atoms with Gasteiger partial charge < -0.3 is 20.1 Å². The molecule has 0 aliphatic carbocycles. The number of carbonyl (C=O) groups is 3. The quantitative estimate of drug-likeness (QED) is 0.372. The molecule has 13 heavy (non-hydrogen) atoms. The number of rotatable bonds is 0. The molecule has 2 N–H and O–H groups in total. The van der Waals surface area contributed by atoms with Gasteiger partial charge in [0, 0.05) is 19.8 Å². The Morgan fingerprint density at radius 2 is 0.923 bits per heavy atom. The van der Waals surface area contributed by atoms with E-state index in [0.29, 0.717) is 0 Å². The Labute approximate surface area is 87.7 Å². The van der Waals surface area contributed by atoms with Crippen molar-refractivity contribution in [2.24, 2.45) is 0 Å². The third-order valence-corrected chi connectivity index (χ3v) is 0.